The summed E-state index contributed by atoms with van der Waals surface area (Å²) < 4.78 is 6.35. The Hall–Kier alpha value is -2.11. The van der Waals surface area contributed by atoms with Gasteiger partial charge in [0.15, 0.2) is 0 Å². The van der Waals surface area contributed by atoms with Crippen LogP contribution in [-0.4, -0.2) is 21.7 Å². The number of hydrogen-bond donors (Lipinski definition) is 0. The molecular formula is C23H25NO2S2. The van der Waals surface area contributed by atoms with E-state index < -0.39 is 0 Å². The fraction of sp³-hybridized carbons (Fsp3) is 0.304. The molecule has 2 aromatic rings. The van der Waals surface area contributed by atoms with E-state index in [9.17, 15) is 4.79 Å². The van der Waals surface area contributed by atoms with Crippen LogP contribution in [-0.2, 0) is 4.79 Å². The van der Waals surface area contributed by atoms with Gasteiger partial charge in [-0.15, -0.1) is 0 Å². The Labute approximate surface area is 176 Å². The summed E-state index contributed by atoms with van der Waals surface area (Å²) in [5, 5.41) is 0. The van der Waals surface area contributed by atoms with E-state index in [0.29, 0.717) is 21.8 Å². The second-order valence-electron chi connectivity index (χ2n) is 7.24. The molecule has 1 amide bonds. The van der Waals surface area contributed by atoms with Gasteiger partial charge in [0.2, 0.25) is 0 Å². The quantitative estimate of drug-likeness (QED) is 0.408. The van der Waals surface area contributed by atoms with Gasteiger partial charge in [0.05, 0.1) is 17.6 Å². The molecule has 0 aromatic heterocycles. The molecular weight excluding hydrogens is 386 g/mol. The summed E-state index contributed by atoms with van der Waals surface area (Å²) in [5.41, 5.74) is 2.03. The molecule has 28 heavy (non-hydrogen) atoms. The summed E-state index contributed by atoms with van der Waals surface area (Å²) in [5.74, 6) is 1.44. The van der Waals surface area contributed by atoms with Gasteiger partial charge in [-0.25, -0.2) is 0 Å². The zero-order valence-corrected chi connectivity index (χ0v) is 18.1. The van der Waals surface area contributed by atoms with Crippen LogP contribution in [0.15, 0.2) is 59.5 Å². The van der Waals surface area contributed by atoms with Gasteiger partial charge in [-0.05, 0) is 48.6 Å². The van der Waals surface area contributed by atoms with Gasteiger partial charge >= 0.3 is 0 Å². The van der Waals surface area contributed by atoms with Gasteiger partial charge in [-0.3, -0.25) is 9.69 Å². The number of benzene rings is 2. The molecule has 3 rings (SSSR count). The van der Waals surface area contributed by atoms with Gasteiger partial charge in [-0.2, -0.15) is 0 Å². The minimum absolute atomic E-state index is 0.0383. The van der Waals surface area contributed by atoms with Crippen molar-refractivity contribution < 1.29 is 9.53 Å². The van der Waals surface area contributed by atoms with E-state index in [4.69, 9.17) is 17.0 Å². The van der Waals surface area contributed by atoms with Crippen molar-refractivity contribution >= 4 is 40.3 Å². The van der Waals surface area contributed by atoms with E-state index in [1.165, 1.54) is 11.8 Å². The normalized spacial score (nSPS) is 16.9. The fourth-order valence-electron chi connectivity index (χ4n) is 2.92. The number of thiocarbonyl (C=S) groups is 1. The van der Waals surface area contributed by atoms with E-state index in [1.54, 1.807) is 4.90 Å². The molecule has 0 saturated carbocycles. The predicted molar refractivity (Wildman–Crippen MR) is 121 cm³/mol. The van der Waals surface area contributed by atoms with Crippen molar-refractivity contribution in [1.82, 2.24) is 4.90 Å². The molecule has 2 aromatic carbocycles. The maximum absolute atomic E-state index is 12.9. The van der Waals surface area contributed by atoms with Crippen LogP contribution < -0.4 is 4.74 Å². The van der Waals surface area contributed by atoms with Crippen molar-refractivity contribution in [1.29, 1.82) is 0 Å². The first-order chi connectivity index (χ1) is 13.5. The standard InChI is InChI=1S/C23H25NO2S2/c1-16(2)13-14-26-20-11-9-18(10-12-20)15-21-22(25)24(23(27)28-21)17(3)19-7-5-4-6-8-19/h4-12,15-17H,13-14H2,1-3H3/b21-15-. The predicted octanol–water partition coefficient (Wildman–Crippen LogP) is 6.07. The zero-order chi connectivity index (χ0) is 20.1. The lowest BCUT2D eigenvalue weighted by Gasteiger charge is -2.23. The second kappa shape index (κ2) is 9.39. The molecule has 146 valence electrons. The van der Waals surface area contributed by atoms with Crippen LogP contribution in [0, 0.1) is 5.92 Å². The number of ether oxygens (including phenoxy) is 1. The Morgan fingerprint density at radius 2 is 1.75 bits per heavy atom. The maximum atomic E-state index is 12.9. The average molecular weight is 412 g/mol. The Kier molecular flexibility index (Phi) is 6.92. The highest BCUT2D eigenvalue weighted by Gasteiger charge is 2.35. The van der Waals surface area contributed by atoms with Gasteiger partial charge in [0.1, 0.15) is 10.1 Å². The molecule has 5 heteroatoms. The number of hydrogen-bond acceptors (Lipinski definition) is 4. The summed E-state index contributed by atoms with van der Waals surface area (Å²) in [4.78, 5) is 15.3. The Bertz CT molecular complexity index is 860. The van der Waals surface area contributed by atoms with E-state index in [2.05, 4.69) is 13.8 Å². The highest BCUT2D eigenvalue weighted by Crippen LogP contribution is 2.38. The largest absolute Gasteiger partial charge is 0.494 e. The topological polar surface area (TPSA) is 29.5 Å². The SMILES string of the molecule is CC(C)CCOc1ccc(/C=C2\SC(=S)N(C(C)c3ccccc3)C2=O)cc1. The summed E-state index contributed by atoms with van der Waals surface area (Å²) in [6, 6.07) is 17.7. The summed E-state index contributed by atoms with van der Waals surface area (Å²) in [6.45, 7) is 7.09. The Morgan fingerprint density at radius 3 is 2.39 bits per heavy atom. The van der Waals surface area contributed by atoms with Crippen molar-refractivity contribution in [3.05, 3.63) is 70.6 Å². The van der Waals surface area contributed by atoms with Crippen LogP contribution in [0.3, 0.4) is 0 Å². The Balaban J connectivity index is 1.69. The monoisotopic (exact) mass is 411 g/mol. The lowest BCUT2D eigenvalue weighted by atomic mass is 10.1. The van der Waals surface area contributed by atoms with Crippen molar-refractivity contribution in [2.45, 2.75) is 33.2 Å². The van der Waals surface area contributed by atoms with Gasteiger partial charge < -0.3 is 4.74 Å². The van der Waals surface area contributed by atoms with Crippen LogP contribution in [0.25, 0.3) is 6.08 Å². The molecule has 0 spiro atoms. The summed E-state index contributed by atoms with van der Waals surface area (Å²) >= 11 is 6.84. The van der Waals surface area contributed by atoms with Gasteiger partial charge in [0, 0.05) is 0 Å². The van der Waals surface area contributed by atoms with Crippen LogP contribution in [0.2, 0.25) is 0 Å². The molecule has 0 bridgehead atoms. The van der Waals surface area contributed by atoms with E-state index >= 15 is 0 Å². The van der Waals surface area contributed by atoms with Crippen molar-refractivity contribution in [3.63, 3.8) is 0 Å². The molecule has 1 saturated heterocycles. The maximum Gasteiger partial charge on any atom is 0.266 e. The number of nitrogens with zero attached hydrogens (tertiary/aromatic N) is 1. The molecule has 1 fully saturated rings. The summed E-state index contributed by atoms with van der Waals surface area (Å²) in [7, 11) is 0. The molecule has 1 unspecified atom stereocenters. The third kappa shape index (κ3) is 5.03. The number of rotatable bonds is 7. The number of carbonyl (C=O) groups excluding carboxylic acids is 1. The lowest BCUT2D eigenvalue weighted by Crippen LogP contribution is -2.30. The highest BCUT2D eigenvalue weighted by atomic mass is 32.2. The molecule has 0 N–H and O–H groups in total. The van der Waals surface area contributed by atoms with Crippen molar-refractivity contribution in [2.24, 2.45) is 5.92 Å². The first-order valence-corrected chi connectivity index (χ1v) is 10.7. The fourth-order valence-corrected chi connectivity index (χ4v) is 4.34. The van der Waals surface area contributed by atoms with Crippen LogP contribution in [0.5, 0.6) is 5.75 Å². The first kappa shape index (κ1) is 20.6. The lowest BCUT2D eigenvalue weighted by molar-refractivity contribution is -0.123. The minimum atomic E-state index is -0.0867. The molecule has 0 aliphatic carbocycles. The van der Waals surface area contributed by atoms with E-state index in [-0.39, 0.29) is 11.9 Å². The third-order valence-electron chi connectivity index (χ3n) is 4.63. The molecule has 3 nitrogen and oxygen atoms in total. The van der Waals surface area contributed by atoms with Gasteiger partial charge in [-0.1, -0.05) is 80.3 Å². The summed E-state index contributed by atoms with van der Waals surface area (Å²) in [6.07, 6.45) is 2.93. The average Bonchev–Trinajstić information content (AvgIpc) is 2.96. The molecule has 1 heterocycles. The van der Waals surface area contributed by atoms with Crippen LogP contribution in [0.4, 0.5) is 0 Å². The van der Waals surface area contributed by atoms with E-state index in [0.717, 1.165) is 23.3 Å². The number of thioether (sulfide) groups is 1. The second-order valence-corrected chi connectivity index (χ2v) is 8.91. The smallest absolute Gasteiger partial charge is 0.266 e. The van der Waals surface area contributed by atoms with Crippen molar-refractivity contribution in [2.75, 3.05) is 6.61 Å². The molecule has 1 aliphatic heterocycles. The number of amides is 1. The highest BCUT2D eigenvalue weighted by molar-refractivity contribution is 8.26. The molecule has 1 aliphatic rings. The van der Waals surface area contributed by atoms with Gasteiger partial charge in [0.25, 0.3) is 5.91 Å². The number of carbonyl (C=O) groups is 1. The van der Waals surface area contributed by atoms with E-state index in [1.807, 2.05) is 67.6 Å². The van der Waals surface area contributed by atoms with Crippen LogP contribution >= 0.6 is 24.0 Å². The van der Waals surface area contributed by atoms with Crippen molar-refractivity contribution in [3.8, 4) is 5.75 Å². The third-order valence-corrected chi connectivity index (χ3v) is 5.97. The first-order valence-electron chi connectivity index (χ1n) is 9.50. The zero-order valence-electron chi connectivity index (χ0n) is 16.4. The Morgan fingerprint density at radius 1 is 1.07 bits per heavy atom. The molecule has 0 radical (unpaired) electrons. The van der Waals surface area contributed by atoms with Crippen LogP contribution in [0.1, 0.15) is 44.4 Å². The molecule has 1 atom stereocenters. The minimum Gasteiger partial charge on any atom is -0.494 e.